The summed E-state index contributed by atoms with van der Waals surface area (Å²) in [5.41, 5.74) is 1.46. The Balaban J connectivity index is 2.37. The summed E-state index contributed by atoms with van der Waals surface area (Å²) in [5, 5.41) is 3.47. The molecule has 0 aliphatic heterocycles. The van der Waals surface area contributed by atoms with Gasteiger partial charge in [0.1, 0.15) is 0 Å². The second-order valence-corrected chi connectivity index (χ2v) is 5.36. The maximum atomic E-state index is 5.95. The number of hydrogen-bond donors (Lipinski definition) is 1. The van der Waals surface area contributed by atoms with Gasteiger partial charge in [-0.15, -0.1) is 0 Å². The predicted octanol–water partition coefficient (Wildman–Crippen LogP) is 3.25. The van der Waals surface area contributed by atoms with Gasteiger partial charge in [-0.2, -0.15) is 0 Å². The van der Waals surface area contributed by atoms with E-state index in [1.54, 1.807) is 7.11 Å². The van der Waals surface area contributed by atoms with Crippen molar-refractivity contribution in [1.29, 1.82) is 0 Å². The summed E-state index contributed by atoms with van der Waals surface area (Å²) in [5.74, 6) is 0. The average molecular weight is 279 g/mol. The zero-order valence-electron chi connectivity index (χ0n) is 13.2. The van der Waals surface area contributed by atoms with Crippen LogP contribution in [0.1, 0.15) is 32.3 Å². The van der Waals surface area contributed by atoms with E-state index in [2.05, 4.69) is 43.4 Å². The molecule has 0 saturated heterocycles. The van der Waals surface area contributed by atoms with Gasteiger partial charge in [0.05, 0.1) is 19.8 Å². The van der Waals surface area contributed by atoms with E-state index < -0.39 is 0 Å². The molecule has 1 aromatic carbocycles. The maximum Gasteiger partial charge on any atom is 0.0717 e. The lowest BCUT2D eigenvalue weighted by Crippen LogP contribution is -2.38. The quantitative estimate of drug-likeness (QED) is 0.631. The lowest BCUT2D eigenvalue weighted by Gasteiger charge is -2.32. The highest BCUT2D eigenvalue weighted by Gasteiger charge is 2.26. The Bertz CT molecular complexity index is 336. The normalized spacial score (nSPS) is 11.8. The van der Waals surface area contributed by atoms with Crippen LogP contribution in [-0.2, 0) is 16.1 Å². The number of rotatable bonds is 11. The molecule has 0 spiro atoms. The average Bonchev–Trinajstić information content (AvgIpc) is 2.51. The molecule has 1 rings (SSSR count). The fraction of sp³-hybridized carbons (Fsp3) is 0.647. The predicted molar refractivity (Wildman–Crippen MR) is 83.9 cm³/mol. The molecule has 0 bridgehead atoms. The third-order valence-corrected chi connectivity index (χ3v) is 4.00. The zero-order valence-corrected chi connectivity index (χ0v) is 13.2. The molecule has 0 heterocycles. The van der Waals surface area contributed by atoms with Crippen molar-refractivity contribution >= 4 is 0 Å². The van der Waals surface area contributed by atoms with E-state index in [0.29, 0.717) is 6.61 Å². The fourth-order valence-electron chi connectivity index (χ4n) is 2.24. The van der Waals surface area contributed by atoms with Gasteiger partial charge in [0.2, 0.25) is 0 Å². The summed E-state index contributed by atoms with van der Waals surface area (Å²) >= 11 is 0. The number of benzene rings is 1. The first-order valence-corrected chi connectivity index (χ1v) is 7.57. The smallest absolute Gasteiger partial charge is 0.0717 e. The van der Waals surface area contributed by atoms with Crippen molar-refractivity contribution in [2.75, 3.05) is 33.4 Å². The lowest BCUT2D eigenvalue weighted by atomic mass is 9.83. The van der Waals surface area contributed by atoms with Crippen LogP contribution in [0, 0.1) is 5.41 Å². The van der Waals surface area contributed by atoms with Gasteiger partial charge in [0, 0.05) is 25.6 Å². The van der Waals surface area contributed by atoms with Gasteiger partial charge >= 0.3 is 0 Å². The first-order valence-electron chi connectivity index (χ1n) is 7.57. The minimum atomic E-state index is 0.225. The van der Waals surface area contributed by atoms with E-state index in [4.69, 9.17) is 9.47 Å². The minimum Gasteiger partial charge on any atom is -0.383 e. The van der Waals surface area contributed by atoms with Crippen LogP contribution in [-0.4, -0.2) is 33.4 Å². The summed E-state index contributed by atoms with van der Waals surface area (Å²) in [6.07, 6.45) is 2.25. The van der Waals surface area contributed by atoms with E-state index >= 15 is 0 Å². The standard InChI is InChI=1S/C17H29NO2/c1-4-17(5-2,14-18-11-12-19-3)15-20-13-16-9-7-6-8-10-16/h6-10,18H,4-5,11-15H2,1-3H3. The third kappa shape index (κ3) is 6.04. The van der Waals surface area contributed by atoms with Crippen LogP contribution < -0.4 is 5.32 Å². The molecule has 0 fully saturated rings. The number of methoxy groups -OCH3 is 1. The Morgan fingerprint density at radius 1 is 1.10 bits per heavy atom. The van der Waals surface area contributed by atoms with Crippen LogP contribution in [0.15, 0.2) is 30.3 Å². The van der Waals surface area contributed by atoms with E-state index in [-0.39, 0.29) is 5.41 Å². The third-order valence-electron chi connectivity index (χ3n) is 4.00. The molecule has 1 N–H and O–H groups in total. The summed E-state index contributed by atoms with van der Waals surface area (Å²) in [6.45, 7) is 8.62. The molecular weight excluding hydrogens is 250 g/mol. The van der Waals surface area contributed by atoms with Crippen molar-refractivity contribution in [2.24, 2.45) is 5.41 Å². The molecule has 0 saturated carbocycles. The Hall–Kier alpha value is -0.900. The molecule has 1 aromatic rings. The molecular formula is C17H29NO2. The first-order chi connectivity index (χ1) is 9.76. The van der Waals surface area contributed by atoms with E-state index in [1.807, 2.05) is 6.07 Å². The molecule has 114 valence electrons. The first kappa shape index (κ1) is 17.2. The summed E-state index contributed by atoms with van der Waals surface area (Å²) < 4.78 is 11.0. The lowest BCUT2D eigenvalue weighted by molar-refractivity contribution is 0.0272. The largest absolute Gasteiger partial charge is 0.383 e. The van der Waals surface area contributed by atoms with Gasteiger partial charge in [0.15, 0.2) is 0 Å². The molecule has 3 nitrogen and oxygen atoms in total. The molecule has 0 amide bonds. The molecule has 0 unspecified atom stereocenters. The highest BCUT2D eigenvalue weighted by atomic mass is 16.5. The summed E-state index contributed by atoms with van der Waals surface area (Å²) in [6, 6.07) is 10.4. The van der Waals surface area contributed by atoms with Crippen LogP contribution in [0.2, 0.25) is 0 Å². The van der Waals surface area contributed by atoms with Crippen molar-refractivity contribution in [1.82, 2.24) is 5.32 Å². The van der Waals surface area contributed by atoms with Crippen LogP contribution in [0.4, 0.5) is 0 Å². The van der Waals surface area contributed by atoms with Gasteiger partial charge in [-0.25, -0.2) is 0 Å². The Morgan fingerprint density at radius 3 is 2.40 bits per heavy atom. The van der Waals surface area contributed by atoms with Crippen molar-refractivity contribution < 1.29 is 9.47 Å². The van der Waals surface area contributed by atoms with Crippen molar-refractivity contribution in [3.05, 3.63) is 35.9 Å². The number of hydrogen-bond acceptors (Lipinski definition) is 3. The van der Waals surface area contributed by atoms with Crippen LogP contribution in [0.3, 0.4) is 0 Å². The van der Waals surface area contributed by atoms with Gasteiger partial charge in [-0.1, -0.05) is 44.2 Å². The van der Waals surface area contributed by atoms with Crippen molar-refractivity contribution in [3.8, 4) is 0 Å². The monoisotopic (exact) mass is 279 g/mol. The molecule has 0 atom stereocenters. The second kappa shape index (κ2) is 9.92. The fourth-order valence-corrected chi connectivity index (χ4v) is 2.24. The zero-order chi connectivity index (χ0) is 14.7. The topological polar surface area (TPSA) is 30.5 Å². The molecule has 20 heavy (non-hydrogen) atoms. The van der Waals surface area contributed by atoms with E-state index in [0.717, 1.165) is 39.1 Å². The van der Waals surface area contributed by atoms with Crippen LogP contribution in [0.5, 0.6) is 0 Å². The summed E-state index contributed by atoms with van der Waals surface area (Å²) in [7, 11) is 1.73. The van der Waals surface area contributed by atoms with Gasteiger partial charge in [-0.05, 0) is 18.4 Å². The van der Waals surface area contributed by atoms with E-state index in [1.165, 1.54) is 5.56 Å². The highest BCUT2D eigenvalue weighted by Crippen LogP contribution is 2.26. The van der Waals surface area contributed by atoms with Crippen molar-refractivity contribution in [3.63, 3.8) is 0 Å². The van der Waals surface area contributed by atoms with Crippen LogP contribution in [0.25, 0.3) is 0 Å². The molecule has 0 aliphatic carbocycles. The van der Waals surface area contributed by atoms with Crippen molar-refractivity contribution in [2.45, 2.75) is 33.3 Å². The molecule has 3 heteroatoms. The Kier molecular flexibility index (Phi) is 8.51. The molecule has 0 aromatic heterocycles. The number of ether oxygens (including phenoxy) is 2. The number of nitrogens with one attached hydrogen (secondary N) is 1. The van der Waals surface area contributed by atoms with E-state index in [9.17, 15) is 0 Å². The maximum absolute atomic E-state index is 5.95. The summed E-state index contributed by atoms with van der Waals surface area (Å²) in [4.78, 5) is 0. The van der Waals surface area contributed by atoms with Gasteiger partial charge in [-0.3, -0.25) is 0 Å². The highest BCUT2D eigenvalue weighted by molar-refractivity contribution is 5.13. The van der Waals surface area contributed by atoms with Crippen LogP contribution >= 0.6 is 0 Å². The SMILES string of the molecule is CCC(CC)(CNCCOC)COCc1ccccc1. The minimum absolute atomic E-state index is 0.225. The Morgan fingerprint density at radius 2 is 1.80 bits per heavy atom. The molecule has 0 aliphatic rings. The van der Waals surface area contributed by atoms with Gasteiger partial charge < -0.3 is 14.8 Å². The van der Waals surface area contributed by atoms with Gasteiger partial charge in [0.25, 0.3) is 0 Å². The second-order valence-electron chi connectivity index (χ2n) is 5.36. The Labute approximate surface area is 123 Å². The molecule has 0 radical (unpaired) electrons.